The zero-order valence-electron chi connectivity index (χ0n) is 60.8. The van der Waals surface area contributed by atoms with Crippen molar-refractivity contribution in [2.75, 3.05) is 24.6 Å². The molecule has 21 N–H and O–H groups in total. The number of carboxylic acids is 3. The molecule has 588 valence electrons. The summed E-state index contributed by atoms with van der Waals surface area (Å²) in [5, 5.41) is 72.0. The molecular formula is C69H100N16O20S2. The lowest BCUT2D eigenvalue weighted by Crippen LogP contribution is -2.61. The number of aliphatic hydroxyl groups excluding tert-OH is 1. The maximum Gasteiger partial charge on any atom is 0.328 e. The molecule has 0 bridgehead atoms. The molecule has 0 spiro atoms. The first-order chi connectivity index (χ1) is 50.4. The van der Waals surface area contributed by atoms with Gasteiger partial charge in [0, 0.05) is 71.9 Å². The maximum absolute atomic E-state index is 14.5. The summed E-state index contributed by atoms with van der Waals surface area (Å²) in [6.45, 7) is 12.4. The van der Waals surface area contributed by atoms with Crippen molar-refractivity contribution in [1.29, 1.82) is 0 Å². The van der Waals surface area contributed by atoms with Crippen LogP contribution in [0.15, 0.2) is 60.9 Å². The van der Waals surface area contributed by atoms with Crippen LogP contribution in [0, 0.1) is 17.8 Å². The molecule has 4 aromatic rings. The minimum absolute atomic E-state index is 0.0500. The highest BCUT2D eigenvalue weighted by Crippen LogP contribution is 2.22. The molecule has 0 aliphatic rings. The van der Waals surface area contributed by atoms with E-state index in [1.807, 2.05) is 0 Å². The minimum Gasteiger partial charge on any atom is -0.481 e. The number of hydrogen-bond donors (Lipinski definition) is 22. The van der Waals surface area contributed by atoms with Crippen LogP contribution in [0.4, 0.5) is 0 Å². The Hall–Kier alpha value is -10.3. The number of nitrogens with one attached hydrogen (secondary N) is 15. The average Bonchev–Trinajstić information content (AvgIpc) is 1.71. The number of aliphatic hydroxyl groups is 1. The molecule has 4 rings (SSSR count). The number of hydrogen-bond acceptors (Lipinski definition) is 20. The lowest BCUT2D eigenvalue weighted by atomic mass is 9.98. The zero-order chi connectivity index (χ0) is 80.1. The predicted octanol–water partition coefficient (Wildman–Crippen LogP) is -2.83. The summed E-state index contributed by atoms with van der Waals surface area (Å²) in [6.07, 6.45) is -1.10. The number of benzene rings is 2. The van der Waals surface area contributed by atoms with Crippen LogP contribution in [0.1, 0.15) is 112 Å². The molecule has 36 nitrogen and oxygen atoms in total. The van der Waals surface area contributed by atoms with Gasteiger partial charge in [-0.3, -0.25) is 71.9 Å². The number of carbonyl (C=O) groups is 16. The van der Waals surface area contributed by atoms with Crippen molar-refractivity contribution in [2.45, 2.75) is 192 Å². The van der Waals surface area contributed by atoms with E-state index in [-0.39, 0.29) is 62.0 Å². The molecule has 2 heterocycles. The van der Waals surface area contributed by atoms with Crippen LogP contribution in [0.5, 0.6) is 0 Å². The number of H-pyrrole nitrogens is 2. The molecule has 13 atom stereocenters. The van der Waals surface area contributed by atoms with Gasteiger partial charge in [-0.25, -0.2) is 4.79 Å². The van der Waals surface area contributed by atoms with Gasteiger partial charge in [-0.2, -0.15) is 25.3 Å². The lowest BCUT2D eigenvalue weighted by molar-refractivity contribution is -0.145. The number of aromatic amines is 2. The van der Waals surface area contributed by atoms with E-state index in [4.69, 9.17) is 5.73 Å². The largest absolute Gasteiger partial charge is 0.481 e. The number of amides is 13. The fraction of sp³-hybridized carbons (Fsp3) is 0.536. The molecule has 0 saturated carbocycles. The van der Waals surface area contributed by atoms with Crippen LogP contribution < -0.4 is 74.9 Å². The number of fused-ring (bicyclic) bond motifs is 2. The number of carbonyl (C=O) groups excluding carboxylic acids is 13. The van der Waals surface area contributed by atoms with Crippen molar-refractivity contribution in [1.82, 2.24) is 79.1 Å². The number of nitrogens with two attached hydrogens (primary N) is 1. The summed E-state index contributed by atoms with van der Waals surface area (Å²) in [5.41, 5.74) is 8.39. The Morgan fingerprint density at radius 1 is 0.439 bits per heavy atom. The molecule has 2 aromatic carbocycles. The highest BCUT2D eigenvalue weighted by Gasteiger charge is 2.38. The van der Waals surface area contributed by atoms with Crippen LogP contribution >= 0.6 is 25.3 Å². The Labute approximate surface area is 627 Å². The quantitative estimate of drug-likeness (QED) is 0.0198. The fourth-order valence-electron chi connectivity index (χ4n) is 11.1. The third-order valence-corrected chi connectivity index (χ3v) is 17.4. The highest BCUT2D eigenvalue weighted by molar-refractivity contribution is 7.80. The van der Waals surface area contributed by atoms with Gasteiger partial charge in [0.1, 0.15) is 66.5 Å². The second-order valence-corrected chi connectivity index (χ2v) is 27.6. The van der Waals surface area contributed by atoms with E-state index in [2.05, 4.69) is 104 Å². The number of thiol groups is 2. The van der Waals surface area contributed by atoms with Crippen molar-refractivity contribution in [3.63, 3.8) is 0 Å². The smallest absolute Gasteiger partial charge is 0.328 e. The zero-order valence-corrected chi connectivity index (χ0v) is 62.6. The SMILES string of the molecule is CC(=O)N[C@@H](CC(=O)O)C(=O)N[C@@H](CS)C(=O)N[C@@H](C)C(=O)N[C@@H](Cc1c[nH]c2ccccc12)C(=O)N[C@@H](CCN)C(=O)N[C@@H](CC(C)C)C(=O)NCC(=O)N[C@@H](CCC(=O)O)C(=O)N[C@@H](CC(C)C)C(=O)N[C@H](C(=O)N[C@@H](Cc1c[nH]c2ccccc12)C(=O)N[C@@H](CS)C(=O)N[C@H](C(=O)O)[C@@H](C)O)C(C)C. The van der Waals surface area contributed by atoms with E-state index in [1.54, 1.807) is 102 Å². The van der Waals surface area contributed by atoms with Crippen molar-refractivity contribution >= 4 is 142 Å². The Balaban J connectivity index is 1.51. The minimum atomic E-state index is -1.75. The van der Waals surface area contributed by atoms with E-state index in [0.717, 1.165) is 13.8 Å². The number of aliphatic carboxylic acids is 3. The highest BCUT2D eigenvalue weighted by atomic mass is 32.1. The first kappa shape index (κ1) is 89.1. The van der Waals surface area contributed by atoms with Gasteiger partial charge >= 0.3 is 17.9 Å². The van der Waals surface area contributed by atoms with Crippen LogP contribution in [-0.2, 0) is 89.6 Å². The molecule has 38 heteroatoms. The number of para-hydroxylation sites is 2. The van der Waals surface area contributed by atoms with Crippen LogP contribution in [0.2, 0.25) is 0 Å². The first-order valence-corrected chi connectivity index (χ1v) is 35.9. The molecule has 0 radical (unpaired) electrons. The molecular weight excluding hydrogens is 1440 g/mol. The van der Waals surface area contributed by atoms with Crippen LogP contribution in [0.3, 0.4) is 0 Å². The monoisotopic (exact) mass is 1540 g/mol. The normalized spacial score (nSPS) is 15.0. The predicted molar refractivity (Wildman–Crippen MR) is 395 cm³/mol. The first-order valence-electron chi connectivity index (χ1n) is 34.6. The van der Waals surface area contributed by atoms with Gasteiger partial charge in [-0.15, -0.1) is 0 Å². The molecule has 107 heavy (non-hydrogen) atoms. The number of rotatable bonds is 45. The Morgan fingerprint density at radius 3 is 1.28 bits per heavy atom. The second-order valence-electron chi connectivity index (χ2n) is 26.9. The van der Waals surface area contributed by atoms with Gasteiger partial charge in [0.15, 0.2) is 6.04 Å². The van der Waals surface area contributed by atoms with Gasteiger partial charge in [0.05, 0.1) is 19.1 Å². The summed E-state index contributed by atoms with van der Waals surface area (Å²) in [4.78, 5) is 221. The fourth-order valence-corrected chi connectivity index (χ4v) is 11.6. The summed E-state index contributed by atoms with van der Waals surface area (Å²) in [6, 6.07) is -3.98. The van der Waals surface area contributed by atoms with Crippen molar-refractivity contribution < 1.29 is 97.1 Å². The van der Waals surface area contributed by atoms with E-state index < -0.39 is 205 Å². The molecule has 2 aromatic heterocycles. The third-order valence-electron chi connectivity index (χ3n) is 16.7. The standard InChI is InChI=1S/C69H100N16O20S2/c1-32(2)22-46(79-61(96)45(20-21-70)77-62(97)48(24-38-27-71-42-16-12-10-14-40(38)42)78-58(93)35(7)74-66(101)51(30-106)82-64(99)50(26-55(91)92)75-37(9)87)59(94)73-29-53(88)76-44(18-19-54(89)90)60(95)80-47(23-33(3)4)65(100)84-56(34(5)6)68(103)81-49(25-39-28-72-43-17-13-11-15-41(39)43)63(98)83-52(31-107)67(102)85-57(36(8)86)69(104)105/h10-17,27-28,32-36,44-52,56-57,71-72,86,106-107H,18-26,29-31,70H2,1-9H3,(H,73,94)(H,74,101)(H,75,87)(H,76,88)(H,77,97)(H,78,93)(H,79,96)(H,80,95)(H,81,103)(H,82,99)(H,83,98)(H,84,100)(H,85,102)(H,89,90)(H,91,92)(H,104,105)/t35-,36+,44-,45-,46-,47-,48-,49-,50-,51-,52-,56-,57-/m0/s1. The maximum atomic E-state index is 14.5. The molecule has 0 aliphatic carbocycles. The van der Waals surface area contributed by atoms with Crippen LogP contribution in [0.25, 0.3) is 21.8 Å². The van der Waals surface area contributed by atoms with Gasteiger partial charge in [-0.05, 0) is 87.1 Å². The lowest BCUT2D eigenvalue weighted by Gasteiger charge is -2.29. The average molecular weight is 1540 g/mol. The van der Waals surface area contributed by atoms with Crippen molar-refractivity contribution in [3.8, 4) is 0 Å². The van der Waals surface area contributed by atoms with Gasteiger partial charge in [-0.1, -0.05) is 77.9 Å². The van der Waals surface area contributed by atoms with E-state index in [9.17, 15) is 97.1 Å². The summed E-state index contributed by atoms with van der Waals surface area (Å²) in [7, 11) is 0. The second kappa shape index (κ2) is 43.3. The van der Waals surface area contributed by atoms with Gasteiger partial charge < -0.3 is 105 Å². The Bertz CT molecular complexity index is 3810. The van der Waals surface area contributed by atoms with E-state index in [1.165, 1.54) is 6.92 Å². The Morgan fingerprint density at radius 2 is 0.841 bits per heavy atom. The van der Waals surface area contributed by atoms with E-state index in [0.29, 0.717) is 32.9 Å². The summed E-state index contributed by atoms with van der Waals surface area (Å²) >= 11 is 8.30. The third kappa shape index (κ3) is 28.8. The van der Waals surface area contributed by atoms with Crippen molar-refractivity contribution in [2.24, 2.45) is 23.5 Å². The number of aromatic nitrogens is 2. The molecule has 0 saturated heterocycles. The summed E-state index contributed by atoms with van der Waals surface area (Å²) in [5.74, 6) is -18.6. The van der Waals surface area contributed by atoms with Gasteiger partial charge in [0.25, 0.3) is 0 Å². The topological polar surface area (TPSA) is 568 Å². The Kier molecular flexibility index (Phi) is 36.1. The molecule has 0 unspecified atom stereocenters. The molecule has 13 amide bonds. The molecule has 0 fully saturated rings. The number of carboxylic acid groups (broad SMARTS) is 3. The molecule has 0 aliphatic heterocycles. The van der Waals surface area contributed by atoms with E-state index >= 15 is 0 Å². The van der Waals surface area contributed by atoms with Crippen LogP contribution in [-0.4, -0.2) is 228 Å². The summed E-state index contributed by atoms with van der Waals surface area (Å²) < 4.78 is 0. The van der Waals surface area contributed by atoms with Crippen molar-refractivity contribution in [3.05, 3.63) is 72.1 Å². The van der Waals surface area contributed by atoms with Gasteiger partial charge in [0.2, 0.25) is 76.8 Å².